The Morgan fingerprint density at radius 1 is 1.09 bits per heavy atom. The number of nitrogens with one attached hydrogen (secondary N) is 3. The lowest BCUT2D eigenvalue weighted by Crippen LogP contribution is -2.55. The number of fused-ring (bicyclic) bond motifs is 6. The molecule has 64 valence electrons. The zero-order valence-electron chi connectivity index (χ0n) is 6.64. The Morgan fingerprint density at radius 3 is 2.55 bits per heavy atom. The van der Waals surface area contributed by atoms with Crippen LogP contribution in [0.2, 0.25) is 0 Å². The number of hydrazine groups is 3. The summed E-state index contributed by atoms with van der Waals surface area (Å²) in [6, 6.07) is 0. The Hall–Kier alpha value is 0.270. The normalized spacial score (nSPS) is 39.3. The second kappa shape index (κ2) is 3.78. The van der Waals surface area contributed by atoms with E-state index < -0.39 is 0 Å². The molecule has 3 heterocycles. The SMILES string of the molecule is C1CN2CCCP(C1)NNN2. The molecule has 3 rings (SSSR count). The molecule has 0 saturated carbocycles. The van der Waals surface area contributed by atoms with Crippen LogP contribution in [0, 0.1) is 0 Å². The average Bonchev–Trinajstić information content (AvgIpc) is 1.80. The molecule has 0 radical (unpaired) electrons. The number of nitrogens with zero attached hydrogens (tertiary/aromatic N) is 1. The van der Waals surface area contributed by atoms with E-state index in [0.29, 0.717) is 0 Å². The van der Waals surface area contributed by atoms with E-state index in [0.717, 1.165) is 0 Å². The van der Waals surface area contributed by atoms with Gasteiger partial charge in [0.15, 0.2) is 0 Å². The average molecular weight is 174 g/mol. The maximum atomic E-state index is 3.31. The third-order valence-electron chi connectivity index (χ3n) is 2.14. The summed E-state index contributed by atoms with van der Waals surface area (Å²) in [6.07, 6.45) is 5.38. The van der Waals surface area contributed by atoms with Gasteiger partial charge < -0.3 is 0 Å². The van der Waals surface area contributed by atoms with E-state index in [-0.39, 0.29) is 8.07 Å². The molecule has 0 aromatic rings. The van der Waals surface area contributed by atoms with E-state index in [1.165, 1.54) is 38.3 Å². The minimum atomic E-state index is 0.0721. The van der Waals surface area contributed by atoms with Crippen molar-refractivity contribution >= 4 is 8.07 Å². The number of hydrogen-bond acceptors (Lipinski definition) is 4. The molecule has 0 unspecified atom stereocenters. The molecule has 2 bridgehead atoms. The van der Waals surface area contributed by atoms with Gasteiger partial charge in [-0.3, -0.25) is 0 Å². The molecule has 0 aromatic heterocycles. The molecule has 0 atom stereocenters. The zero-order valence-corrected chi connectivity index (χ0v) is 7.53. The molecule has 11 heavy (non-hydrogen) atoms. The van der Waals surface area contributed by atoms with Crippen LogP contribution in [0.15, 0.2) is 0 Å². The Balaban J connectivity index is 1.96. The van der Waals surface area contributed by atoms with Gasteiger partial charge >= 0.3 is 0 Å². The van der Waals surface area contributed by atoms with Crippen LogP contribution in [-0.2, 0) is 0 Å². The van der Waals surface area contributed by atoms with Crippen molar-refractivity contribution < 1.29 is 0 Å². The van der Waals surface area contributed by atoms with Gasteiger partial charge in [0, 0.05) is 13.1 Å². The van der Waals surface area contributed by atoms with E-state index in [1.807, 2.05) is 0 Å². The molecule has 3 aliphatic heterocycles. The van der Waals surface area contributed by atoms with Crippen LogP contribution in [0.5, 0.6) is 0 Å². The highest BCUT2D eigenvalue weighted by molar-refractivity contribution is 7.55. The maximum Gasteiger partial charge on any atom is 0.0148 e. The summed E-state index contributed by atoms with van der Waals surface area (Å²) in [4.78, 5) is 0. The molecule has 0 spiro atoms. The summed E-state index contributed by atoms with van der Waals surface area (Å²) in [6.45, 7) is 2.38. The molecule has 3 fully saturated rings. The topological polar surface area (TPSA) is 39.3 Å². The standard InChI is InChI=1S/C6H15N4P/c1-3-10-4-2-6-11(5-1)9-7-8-10/h7-9H,1-6H2. The highest BCUT2D eigenvalue weighted by Crippen LogP contribution is 2.32. The van der Waals surface area contributed by atoms with Crippen molar-refractivity contribution in [3.8, 4) is 0 Å². The smallest absolute Gasteiger partial charge is 0.0148 e. The first kappa shape index (κ1) is 7.90. The first-order chi connectivity index (χ1) is 5.45. The summed E-state index contributed by atoms with van der Waals surface area (Å²) in [7, 11) is 0.0721. The van der Waals surface area contributed by atoms with Gasteiger partial charge in [0.2, 0.25) is 0 Å². The van der Waals surface area contributed by atoms with Crippen LogP contribution >= 0.6 is 8.07 Å². The van der Waals surface area contributed by atoms with Gasteiger partial charge in [0.05, 0.1) is 0 Å². The van der Waals surface area contributed by atoms with Gasteiger partial charge in [-0.15, -0.1) is 0 Å². The van der Waals surface area contributed by atoms with Crippen molar-refractivity contribution in [3.05, 3.63) is 0 Å². The molecule has 4 nitrogen and oxygen atoms in total. The Labute approximate surface area is 68.4 Å². The fourth-order valence-corrected chi connectivity index (χ4v) is 3.24. The molecule has 3 N–H and O–H groups in total. The van der Waals surface area contributed by atoms with Gasteiger partial charge in [-0.25, -0.2) is 10.2 Å². The summed E-state index contributed by atoms with van der Waals surface area (Å²) < 4.78 is 0. The second-order valence-corrected chi connectivity index (χ2v) is 5.23. The van der Waals surface area contributed by atoms with E-state index >= 15 is 0 Å². The molecule has 3 aliphatic rings. The molecule has 0 aromatic carbocycles. The first-order valence-corrected chi connectivity index (χ1v) is 5.92. The first-order valence-electron chi connectivity index (χ1n) is 4.21. The summed E-state index contributed by atoms with van der Waals surface area (Å²) in [5, 5.41) is 5.56. The van der Waals surface area contributed by atoms with Crippen LogP contribution < -0.4 is 16.3 Å². The predicted octanol–water partition coefficient (Wildman–Crippen LogP) is 0.00650. The number of hydrogen-bond donors (Lipinski definition) is 3. The monoisotopic (exact) mass is 174 g/mol. The van der Waals surface area contributed by atoms with Crippen molar-refractivity contribution in [1.82, 2.24) is 21.3 Å². The van der Waals surface area contributed by atoms with E-state index in [1.54, 1.807) is 0 Å². The quantitative estimate of drug-likeness (QED) is 0.452. The molecule has 0 amide bonds. The van der Waals surface area contributed by atoms with Crippen LogP contribution in [0.25, 0.3) is 0 Å². The number of rotatable bonds is 0. The third-order valence-corrected chi connectivity index (χ3v) is 4.28. The third kappa shape index (κ3) is 2.10. The fraction of sp³-hybridized carbons (Fsp3) is 1.00. The van der Waals surface area contributed by atoms with Gasteiger partial charge in [-0.1, -0.05) is 0 Å². The lowest BCUT2D eigenvalue weighted by molar-refractivity contribution is 0.139. The van der Waals surface area contributed by atoms with Gasteiger partial charge in [0.25, 0.3) is 0 Å². The van der Waals surface area contributed by atoms with Crippen LogP contribution in [0.4, 0.5) is 0 Å². The Bertz CT molecular complexity index is 96.0. The van der Waals surface area contributed by atoms with Crippen molar-refractivity contribution in [2.45, 2.75) is 12.8 Å². The minimum absolute atomic E-state index is 0.0721. The molecule has 0 aliphatic carbocycles. The molecule has 5 heteroatoms. The summed E-state index contributed by atoms with van der Waals surface area (Å²) >= 11 is 0. The van der Waals surface area contributed by atoms with Crippen molar-refractivity contribution in [2.24, 2.45) is 0 Å². The van der Waals surface area contributed by atoms with E-state index in [4.69, 9.17) is 0 Å². The second-order valence-electron chi connectivity index (χ2n) is 3.03. The largest absolute Gasteiger partial charge is 0.230 e. The molecular formula is C6H15N4P. The molecular weight excluding hydrogens is 159 g/mol. The van der Waals surface area contributed by atoms with Crippen LogP contribution in [0.3, 0.4) is 0 Å². The zero-order chi connectivity index (χ0) is 7.52. The summed E-state index contributed by atoms with van der Waals surface area (Å²) in [5.74, 6) is 0. The highest BCUT2D eigenvalue weighted by atomic mass is 31.1. The van der Waals surface area contributed by atoms with Gasteiger partial charge in [-0.05, 0) is 33.2 Å². The minimum Gasteiger partial charge on any atom is -0.230 e. The van der Waals surface area contributed by atoms with E-state index in [9.17, 15) is 0 Å². The van der Waals surface area contributed by atoms with Crippen LogP contribution in [0.1, 0.15) is 12.8 Å². The lowest BCUT2D eigenvalue weighted by atomic mass is 10.4. The Kier molecular flexibility index (Phi) is 2.72. The van der Waals surface area contributed by atoms with Gasteiger partial charge in [0.1, 0.15) is 0 Å². The Morgan fingerprint density at radius 2 is 1.82 bits per heavy atom. The maximum absolute atomic E-state index is 3.31. The highest BCUT2D eigenvalue weighted by Gasteiger charge is 2.16. The van der Waals surface area contributed by atoms with Crippen molar-refractivity contribution in [3.63, 3.8) is 0 Å². The van der Waals surface area contributed by atoms with Crippen molar-refractivity contribution in [2.75, 3.05) is 25.4 Å². The van der Waals surface area contributed by atoms with Gasteiger partial charge in [-0.2, -0.15) is 11.1 Å². The predicted molar refractivity (Wildman–Crippen MR) is 46.9 cm³/mol. The van der Waals surface area contributed by atoms with E-state index in [2.05, 4.69) is 21.3 Å². The van der Waals surface area contributed by atoms with Crippen molar-refractivity contribution in [1.29, 1.82) is 0 Å². The van der Waals surface area contributed by atoms with Crippen LogP contribution in [-0.4, -0.2) is 30.4 Å². The lowest BCUT2D eigenvalue weighted by Gasteiger charge is -2.33. The summed E-state index contributed by atoms with van der Waals surface area (Å²) in [5.41, 5.74) is 6.19. The fourth-order valence-electron chi connectivity index (χ4n) is 1.54. The molecule has 3 saturated heterocycles.